The van der Waals surface area contributed by atoms with Gasteiger partial charge in [-0.3, -0.25) is 4.79 Å². The molecule has 0 aliphatic heterocycles. The fourth-order valence-corrected chi connectivity index (χ4v) is 1.89. The van der Waals surface area contributed by atoms with Gasteiger partial charge in [0.1, 0.15) is 22.8 Å². The van der Waals surface area contributed by atoms with E-state index in [-0.39, 0.29) is 12.8 Å². The lowest BCUT2D eigenvalue weighted by molar-refractivity contribution is -0.169. The molecule has 3 unspecified atom stereocenters. The lowest BCUT2D eigenvalue weighted by Crippen LogP contribution is -2.61. The largest absolute Gasteiger partial charge is 0.459 e. The van der Waals surface area contributed by atoms with Gasteiger partial charge in [-0.25, -0.2) is 4.79 Å². The molecule has 0 aromatic carbocycles. The lowest BCUT2D eigenvalue weighted by Gasteiger charge is -2.35. The van der Waals surface area contributed by atoms with E-state index in [4.69, 9.17) is 20.9 Å². The third-order valence-corrected chi connectivity index (χ3v) is 3.09. The van der Waals surface area contributed by atoms with E-state index in [2.05, 4.69) is 0 Å². The minimum atomic E-state index is -1.87. The zero-order chi connectivity index (χ0) is 19.3. The van der Waals surface area contributed by atoms with Gasteiger partial charge < -0.3 is 31.2 Å². The van der Waals surface area contributed by atoms with Crippen LogP contribution in [0, 0.1) is 0 Å². The first kappa shape index (κ1) is 22.8. The molecule has 0 saturated carbocycles. The first-order valence-electron chi connectivity index (χ1n) is 7.92. The smallest absolute Gasteiger partial charge is 0.329 e. The minimum absolute atomic E-state index is 0.232. The number of rotatable bonds is 7. The van der Waals surface area contributed by atoms with Crippen LogP contribution in [0.25, 0.3) is 0 Å². The third kappa shape index (κ3) is 7.57. The van der Waals surface area contributed by atoms with Gasteiger partial charge in [0, 0.05) is 19.4 Å². The van der Waals surface area contributed by atoms with Crippen molar-refractivity contribution in [3.63, 3.8) is 0 Å². The van der Waals surface area contributed by atoms with Crippen LogP contribution in [0.2, 0.25) is 0 Å². The summed E-state index contributed by atoms with van der Waals surface area (Å²) < 4.78 is 10.3. The number of ether oxygens (including phenoxy) is 2. The van der Waals surface area contributed by atoms with Gasteiger partial charge in [0.25, 0.3) is 0 Å². The fraction of sp³-hybridized carbons (Fsp3) is 0.875. The molecular weight excluding hydrogens is 316 g/mol. The van der Waals surface area contributed by atoms with Crippen LogP contribution in [0.4, 0.5) is 0 Å². The molecule has 0 aromatic heterocycles. The van der Waals surface area contributed by atoms with Crippen LogP contribution in [-0.4, -0.2) is 57.6 Å². The number of hydrogen-bond acceptors (Lipinski definition) is 8. The number of esters is 2. The molecule has 0 saturated heterocycles. The topological polar surface area (TPSA) is 145 Å². The van der Waals surface area contributed by atoms with Gasteiger partial charge in [-0.05, 0) is 41.5 Å². The number of carbonyl (C=O) groups is 2. The van der Waals surface area contributed by atoms with Crippen LogP contribution in [0.5, 0.6) is 0 Å². The normalized spacial score (nSPS) is 17.6. The zero-order valence-electron chi connectivity index (χ0n) is 15.5. The molecule has 24 heavy (non-hydrogen) atoms. The van der Waals surface area contributed by atoms with Crippen molar-refractivity contribution >= 4 is 11.9 Å². The van der Waals surface area contributed by atoms with Crippen LogP contribution < -0.4 is 11.5 Å². The van der Waals surface area contributed by atoms with Crippen molar-refractivity contribution in [2.24, 2.45) is 11.5 Å². The third-order valence-electron chi connectivity index (χ3n) is 3.09. The van der Waals surface area contributed by atoms with Crippen molar-refractivity contribution in [1.82, 2.24) is 0 Å². The molecule has 0 radical (unpaired) electrons. The Kier molecular flexibility index (Phi) is 7.82. The average Bonchev–Trinajstić information content (AvgIpc) is 2.34. The van der Waals surface area contributed by atoms with E-state index in [0.29, 0.717) is 0 Å². The molecule has 0 aromatic rings. The Morgan fingerprint density at radius 3 is 1.88 bits per heavy atom. The number of carbonyl (C=O) groups excluding carboxylic acids is 2. The van der Waals surface area contributed by atoms with Crippen LogP contribution in [0.15, 0.2) is 0 Å². The maximum atomic E-state index is 12.3. The molecular formula is C16H32N2O6. The summed E-state index contributed by atoms with van der Waals surface area (Å²) in [6.45, 7) is 9.60. The van der Waals surface area contributed by atoms with Gasteiger partial charge in [-0.2, -0.15) is 0 Å². The van der Waals surface area contributed by atoms with Crippen LogP contribution >= 0.6 is 0 Å². The van der Waals surface area contributed by atoms with Crippen molar-refractivity contribution in [3.05, 3.63) is 0 Å². The SMILES string of the molecule is CC(C)(C)OC(=O)C(N)CC(O)C(N)(CCO)C(=O)OC(C)(C)C. The van der Waals surface area contributed by atoms with Crippen LogP contribution in [-0.2, 0) is 19.1 Å². The summed E-state index contributed by atoms with van der Waals surface area (Å²) in [6, 6.07) is -1.16. The molecule has 0 fully saturated rings. The fourth-order valence-electron chi connectivity index (χ4n) is 1.89. The summed E-state index contributed by atoms with van der Waals surface area (Å²) in [4.78, 5) is 24.2. The molecule has 0 aliphatic rings. The highest BCUT2D eigenvalue weighted by molar-refractivity contribution is 5.82. The predicted octanol–water partition coefficient (Wildman–Crippen LogP) is -0.172. The molecule has 3 atom stereocenters. The van der Waals surface area contributed by atoms with Crippen molar-refractivity contribution in [1.29, 1.82) is 0 Å². The highest BCUT2D eigenvalue weighted by Gasteiger charge is 2.45. The Hall–Kier alpha value is -1.22. The average molecular weight is 348 g/mol. The number of aliphatic hydroxyl groups excluding tert-OH is 2. The molecule has 142 valence electrons. The molecule has 0 aliphatic carbocycles. The van der Waals surface area contributed by atoms with Gasteiger partial charge in [0.15, 0.2) is 0 Å². The van der Waals surface area contributed by atoms with E-state index in [0.717, 1.165) is 0 Å². The summed E-state index contributed by atoms with van der Waals surface area (Å²) in [5.41, 5.74) is 8.31. The summed E-state index contributed by atoms with van der Waals surface area (Å²) >= 11 is 0. The second kappa shape index (κ2) is 8.24. The van der Waals surface area contributed by atoms with E-state index in [1.165, 1.54) is 0 Å². The minimum Gasteiger partial charge on any atom is -0.459 e. The molecule has 0 bridgehead atoms. The van der Waals surface area contributed by atoms with Crippen molar-refractivity contribution in [2.75, 3.05) is 6.61 Å². The summed E-state index contributed by atoms with van der Waals surface area (Å²) in [7, 11) is 0. The van der Waals surface area contributed by atoms with E-state index in [1.807, 2.05) is 0 Å². The number of hydrogen-bond donors (Lipinski definition) is 4. The van der Waals surface area contributed by atoms with E-state index < -0.39 is 47.4 Å². The highest BCUT2D eigenvalue weighted by atomic mass is 16.6. The molecule has 0 spiro atoms. The summed E-state index contributed by atoms with van der Waals surface area (Å²) in [6.07, 6.45) is -2.02. The second-order valence-electron chi connectivity index (χ2n) is 7.91. The first-order chi connectivity index (χ1) is 10.6. The maximum absolute atomic E-state index is 12.3. The van der Waals surface area contributed by atoms with E-state index in [1.54, 1.807) is 41.5 Å². The number of aliphatic hydroxyl groups is 2. The van der Waals surface area contributed by atoms with Crippen LogP contribution in [0.1, 0.15) is 54.4 Å². The van der Waals surface area contributed by atoms with Gasteiger partial charge in [-0.15, -0.1) is 0 Å². The Morgan fingerprint density at radius 1 is 1.04 bits per heavy atom. The van der Waals surface area contributed by atoms with Gasteiger partial charge in [0.05, 0.1) is 6.10 Å². The Bertz CT molecular complexity index is 441. The van der Waals surface area contributed by atoms with Gasteiger partial charge in [-0.1, -0.05) is 0 Å². The van der Waals surface area contributed by atoms with Crippen molar-refractivity contribution in [2.45, 2.75) is 83.3 Å². The highest BCUT2D eigenvalue weighted by Crippen LogP contribution is 2.22. The zero-order valence-corrected chi connectivity index (χ0v) is 15.5. The monoisotopic (exact) mass is 348 g/mol. The Balaban J connectivity index is 5.11. The van der Waals surface area contributed by atoms with E-state index >= 15 is 0 Å². The molecule has 0 amide bonds. The second-order valence-corrected chi connectivity index (χ2v) is 7.91. The first-order valence-corrected chi connectivity index (χ1v) is 7.92. The summed E-state index contributed by atoms with van der Waals surface area (Å²) in [5.74, 6) is -1.58. The van der Waals surface area contributed by atoms with Gasteiger partial charge >= 0.3 is 11.9 Å². The lowest BCUT2D eigenvalue weighted by atomic mass is 9.86. The van der Waals surface area contributed by atoms with Crippen LogP contribution in [0.3, 0.4) is 0 Å². The van der Waals surface area contributed by atoms with Crippen molar-refractivity contribution in [3.8, 4) is 0 Å². The molecule has 0 heterocycles. The summed E-state index contributed by atoms with van der Waals surface area (Å²) in [5, 5.41) is 19.5. The maximum Gasteiger partial charge on any atom is 0.329 e. The Labute approximate surface area is 143 Å². The van der Waals surface area contributed by atoms with Gasteiger partial charge in [0.2, 0.25) is 0 Å². The molecule has 8 nitrogen and oxygen atoms in total. The molecule has 8 heteroatoms. The quantitative estimate of drug-likeness (QED) is 0.464. The van der Waals surface area contributed by atoms with E-state index in [9.17, 15) is 19.8 Å². The number of nitrogens with two attached hydrogens (primary N) is 2. The standard InChI is InChI=1S/C16H32N2O6/c1-14(2,3)23-12(21)10(17)9-11(20)16(18,7-8-19)13(22)24-15(4,5)6/h10-11,19-20H,7-9,17-18H2,1-6H3. The van der Waals surface area contributed by atoms with Crippen molar-refractivity contribution < 1.29 is 29.3 Å². The predicted molar refractivity (Wildman–Crippen MR) is 88.9 cm³/mol. The molecule has 0 rings (SSSR count). The Morgan fingerprint density at radius 2 is 1.50 bits per heavy atom. The molecule has 6 N–H and O–H groups in total.